The Morgan fingerprint density at radius 2 is 1.69 bits per heavy atom. The number of carbonyl (C=O) groups is 1. The maximum atomic E-state index is 12.5. The Morgan fingerprint density at radius 3 is 2.31 bits per heavy atom. The first-order valence-corrected chi connectivity index (χ1v) is 11.5. The molecule has 29 heavy (non-hydrogen) atoms. The first-order chi connectivity index (χ1) is 13.8. The zero-order valence-corrected chi connectivity index (χ0v) is 17.8. The number of sulfonamides is 1. The molecule has 1 heterocycles. The summed E-state index contributed by atoms with van der Waals surface area (Å²) in [6, 6.07) is 16.2. The third-order valence-corrected chi connectivity index (χ3v) is 6.96. The molecule has 0 saturated carbocycles. The average Bonchev–Trinajstić information content (AvgIpc) is 2.73. The van der Waals surface area contributed by atoms with E-state index in [1.165, 1.54) is 5.56 Å². The second-order valence-electron chi connectivity index (χ2n) is 7.62. The van der Waals surface area contributed by atoms with Gasteiger partial charge < -0.3 is 5.32 Å². The van der Waals surface area contributed by atoms with E-state index in [1.54, 1.807) is 30.3 Å². The lowest BCUT2D eigenvalue weighted by Crippen LogP contribution is -2.51. The van der Waals surface area contributed by atoms with E-state index in [0.29, 0.717) is 32.5 Å². The van der Waals surface area contributed by atoms with Crippen LogP contribution in [-0.4, -0.2) is 44.4 Å². The highest BCUT2D eigenvalue weighted by Gasteiger charge is 2.28. The molecule has 1 fully saturated rings. The second kappa shape index (κ2) is 9.52. The van der Waals surface area contributed by atoms with E-state index in [0.717, 1.165) is 5.56 Å². The Morgan fingerprint density at radius 1 is 1.07 bits per heavy atom. The lowest BCUT2D eigenvalue weighted by Gasteiger charge is -2.35. The molecule has 1 atom stereocenters. The molecule has 6 nitrogen and oxygen atoms in total. The van der Waals surface area contributed by atoms with Crippen LogP contribution in [0.1, 0.15) is 30.9 Å². The van der Waals surface area contributed by atoms with Crippen LogP contribution >= 0.6 is 0 Å². The number of rotatable bonds is 7. The van der Waals surface area contributed by atoms with E-state index in [4.69, 9.17) is 0 Å². The predicted molar refractivity (Wildman–Crippen MR) is 114 cm³/mol. The molecule has 1 unspecified atom stereocenters. The molecule has 156 valence electrons. The number of hydrogen-bond acceptors (Lipinski definition) is 4. The molecule has 3 rings (SSSR count). The van der Waals surface area contributed by atoms with Crippen molar-refractivity contribution in [2.75, 3.05) is 13.1 Å². The number of carbonyl (C=O) groups excluding carboxylic acids is 1. The number of nitrogens with one attached hydrogen (secondary N) is 2. The number of likely N-dealkylation sites (tertiary alicyclic amines) is 1. The molecular formula is C22H29N3O3S. The van der Waals surface area contributed by atoms with Crippen LogP contribution in [0.3, 0.4) is 0 Å². The zero-order valence-electron chi connectivity index (χ0n) is 17.0. The monoisotopic (exact) mass is 415 g/mol. The summed E-state index contributed by atoms with van der Waals surface area (Å²) in [6.07, 6.45) is 1.36. The summed E-state index contributed by atoms with van der Waals surface area (Å²) in [4.78, 5) is 14.9. The van der Waals surface area contributed by atoms with Gasteiger partial charge in [-0.1, -0.05) is 48.0 Å². The second-order valence-corrected chi connectivity index (χ2v) is 9.34. The van der Waals surface area contributed by atoms with Crippen LogP contribution in [-0.2, 0) is 21.4 Å². The SMILES string of the molecule is Cc1ccc(CNC(=O)C(C)N2CCC(NS(=O)(=O)c3ccccc3)CC2)cc1. The van der Waals surface area contributed by atoms with Crippen molar-refractivity contribution in [1.29, 1.82) is 0 Å². The van der Waals surface area contributed by atoms with E-state index in [2.05, 4.69) is 14.9 Å². The Kier molecular flexibility index (Phi) is 7.05. The lowest BCUT2D eigenvalue weighted by molar-refractivity contribution is -0.126. The van der Waals surface area contributed by atoms with Gasteiger partial charge in [0.15, 0.2) is 0 Å². The van der Waals surface area contributed by atoms with Gasteiger partial charge in [-0.25, -0.2) is 13.1 Å². The van der Waals surface area contributed by atoms with Crippen molar-refractivity contribution < 1.29 is 13.2 Å². The van der Waals surface area contributed by atoms with Crippen molar-refractivity contribution in [3.05, 3.63) is 65.7 Å². The normalized spacial score (nSPS) is 17.0. The molecule has 0 radical (unpaired) electrons. The molecule has 0 spiro atoms. The van der Waals surface area contributed by atoms with Crippen molar-refractivity contribution in [1.82, 2.24) is 14.9 Å². The van der Waals surface area contributed by atoms with E-state index < -0.39 is 10.0 Å². The molecule has 1 amide bonds. The molecule has 0 aliphatic carbocycles. The molecular weight excluding hydrogens is 386 g/mol. The fourth-order valence-corrected chi connectivity index (χ4v) is 4.83. The zero-order chi connectivity index (χ0) is 20.9. The van der Waals surface area contributed by atoms with Gasteiger partial charge in [0.25, 0.3) is 0 Å². The number of piperidine rings is 1. The maximum Gasteiger partial charge on any atom is 0.240 e. The first-order valence-electron chi connectivity index (χ1n) is 10.00. The van der Waals surface area contributed by atoms with Crippen LogP contribution < -0.4 is 10.0 Å². The third-order valence-electron chi connectivity index (χ3n) is 5.42. The average molecular weight is 416 g/mol. The first kappa shape index (κ1) is 21.5. The number of nitrogens with zero attached hydrogens (tertiary/aromatic N) is 1. The van der Waals surface area contributed by atoms with Gasteiger partial charge in [0.05, 0.1) is 10.9 Å². The molecule has 2 N–H and O–H groups in total. The maximum absolute atomic E-state index is 12.5. The Hall–Kier alpha value is -2.22. The lowest BCUT2D eigenvalue weighted by atomic mass is 10.0. The quantitative estimate of drug-likeness (QED) is 0.728. The van der Waals surface area contributed by atoms with Crippen LogP contribution in [0.4, 0.5) is 0 Å². The van der Waals surface area contributed by atoms with Crippen LogP contribution in [0.2, 0.25) is 0 Å². The molecule has 0 aromatic heterocycles. The van der Waals surface area contributed by atoms with Crippen LogP contribution in [0.25, 0.3) is 0 Å². The summed E-state index contributed by atoms with van der Waals surface area (Å²) in [7, 11) is -3.50. The molecule has 2 aromatic rings. The Balaban J connectivity index is 1.47. The summed E-state index contributed by atoms with van der Waals surface area (Å²) >= 11 is 0. The van der Waals surface area contributed by atoms with Crippen LogP contribution in [0.15, 0.2) is 59.5 Å². The molecule has 1 aliphatic heterocycles. The van der Waals surface area contributed by atoms with Crippen molar-refractivity contribution in [3.63, 3.8) is 0 Å². The minimum Gasteiger partial charge on any atom is -0.351 e. The van der Waals surface area contributed by atoms with Gasteiger partial charge in [0, 0.05) is 25.7 Å². The van der Waals surface area contributed by atoms with Gasteiger partial charge in [-0.2, -0.15) is 0 Å². The van der Waals surface area contributed by atoms with E-state index in [9.17, 15) is 13.2 Å². The summed E-state index contributed by atoms with van der Waals surface area (Å²) in [5.74, 6) is -0.00566. The summed E-state index contributed by atoms with van der Waals surface area (Å²) < 4.78 is 27.7. The number of aryl methyl sites for hydroxylation is 1. The molecule has 7 heteroatoms. The van der Waals surface area contributed by atoms with Crippen molar-refractivity contribution in [2.45, 2.75) is 50.2 Å². The van der Waals surface area contributed by atoms with Gasteiger partial charge in [-0.3, -0.25) is 9.69 Å². The van der Waals surface area contributed by atoms with Gasteiger partial charge in [-0.05, 0) is 44.4 Å². The van der Waals surface area contributed by atoms with Gasteiger partial charge >= 0.3 is 0 Å². The molecule has 1 saturated heterocycles. The molecule has 1 aliphatic rings. The van der Waals surface area contributed by atoms with Crippen molar-refractivity contribution in [3.8, 4) is 0 Å². The Bertz CT molecular complexity index is 906. The minimum absolute atomic E-state index is 0.00566. The standard InChI is InChI=1S/C22H29N3O3S/c1-17-8-10-19(11-9-17)16-23-22(26)18(2)25-14-12-20(13-15-25)24-29(27,28)21-6-4-3-5-7-21/h3-11,18,20,24H,12-16H2,1-2H3,(H,23,26). The highest BCUT2D eigenvalue weighted by Crippen LogP contribution is 2.17. The predicted octanol–water partition coefficient (Wildman–Crippen LogP) is 2.44. The van der Waals surface area contributed by atoms with E-state index in [-0.39, 0.29) is 22.9 Å². The van der Waals surface area contributed by atoms with Gasteiger partial charge in [0.2, 0.25) is 15.9 Å². The van der Waals surface area contributed by atoms with E-state index >= 15 is 0 Å². The third kappa shape index (κ3) is 5.88. The highest BCUT2D eigenvalue weighted by atomic mass is 32.2. The summed E-state index contributed by atoms with van der Waals surface area (Å²) in [5.41, 5.74) is 2.27. The summed E-state index contributed by atoms with van der Waals surface area (Å²) in [6.45, 7) is 5.81. The molecule has 0 bridgehead atoms. The highest BCUT2D eigenvalue weighted by molar-refractivity contribution is 7.89. The van der Waals surface area contributed by atoms with Crippen LogP contribution in [0, 0.1) is 6.92 Å². The van der Waals surface area contributed by atoms with Gasteiger partial charge in [-0.15, -0.1) is 0 Å². The van der Waals surface area contributed by atoms with Crippen molar-refractivity contribution >= 4 is 15.9 Å². The Labute approximate surface area is 173 Å². The number of hydrogen-bond donors (Lipinski definition) is 2. The smallest absolute Gasteiger partial charge is 0.240 e. The largest absolute Gasteiger partial charge is 0.351 e. The van der Waals surface area contributed by atoms with Crippen molar-refractivity contribution in [2.24, 2.45) is 0 Å². The van der Waals surface area contributed by atoms with E-state index in [1.807, 2.05) is 38.1 Å². The molecule has 2 aromatic carbocycles. The fraction of sp³-hybridized carbons (Fsp3) is 0.409. The minimum atomic E-state index is -3.50. The topological polar surface area (TPSA) is 78.5 Å². The van der Waals surface area contributed by atoms with Gasteiger partial charge in [0.1, 0.15) is 0 Å². The fourth-order valence-electron chi connectivity index (χ4n) is 3.50. The van der Waals surface area contributed by atoms with Crippen LogP contribution in [0.5, 0.6) is 0 Å². The number of benzene rings is 2. The summed E-state index contributed by atoms with van der Waals surface area (Å²) in [5, 5.41) is 2.99. The number of amides is 1.